The summed E-state index contributed by atoms with van der Waals surface area (Å²) in [7, 11) is 0. The summed E-state index contributed by atoms with van der Waals surface area (Å²) in [5.74, 6) is -0.425. The zero-order chi connectivity index (χ0) is 11.7. The molecule has 0 aliphatic heterocycles. The van der Waals surface area contributed by atoms with Crippen molar-refractivity contribution < 1.29 is 4.79 Å². The molecule has 1 amide bonds. The summed E-state index contributed by atoms with van der Waals surface area (Å²) in [6.07, 6.45) is 1.59. The number of primary amides is 1. The predicted molar refractivity (Wildman–Crippen MR) is 62.1 cm³/mol. The van der Waals surface area contributed by atoms with E-state index in [0.29, 0.717) is 5.39 Å². The minimum atomic E-state index is -0.425. The number of fused-ring (bicyclic) bond motifs is 1. The van der Waals surface area contributed by atoms with E-state index in [-0.39, 0.29) is 12.0 Å². The molecule has 0 unspecified atom stereocenters. The van der Waals surface area contributed by atoms with Gasteiger partial charge in [-0.1, -0.05) is 11.6 Å². The van der Waals surface area contributed by atoms with E-state index in [2.05, 4.69) is 0 Å². The van der Waals surface area contributed by atoms with Gasteiger partial charge in [-0.3, -0.25) is 9.59 Å². The number of aromatic nitrogens is 1. The van der Waals surface area contributed by atoms with E-state index in [1.807, 2.05) is 25.1 Å². The van der Waals surface area contributed by atoms with Crippen molar-refractivity contribution in [3.05, 3.63) is 46.2 Å². The van der Waals surface area contributed by atoms with Crippen LogP contribution in [0.2, 0.25) is 0 Å². The van der Waals surface area contributed by atoms with Gasteiger partial charge in [0.15, 0.2) is 5.43 Å². The number of nitrogens with zero attached hydrogens (tertiary/aromatic N) is 1. The molecule has 0 fully saturated rings. The number of nitrogens with two attached hydrogens (primary N) is 1. The van der Waals surface area contributed by atoms with Crippen LogP contribution in [0.15, 0.2) is 35.3 Å². The SMILES string of the molecule is Cc1ccc2c(c1)c(=O)ccn2CC(N)=O. The van der Waals surface area contributed by atoms with E-state index in [4.69, 9.17) is 5.73 Å². The van der Waals surface area contributed by atoms with E-state index >= 15 is 0 Å². The second-order valence-corrected chi connectivity index (χ2v) is 3.79. The van der Waals surface area contributed by atoms with Crippen molar-refractivity contribution in [2.45, 2.75) is 13.5 Å². The van der Waals surface area contributed by atoms with E-state index in [1.165, 1.54) is 6.07 Å². The highest BCUT2D eigenvalue weighted by molar-refractivity contribution is 5.82. The van der Waals surface area contributed by atoms with Gasteiger partial charge in [0.2, 0.25) is 5.91 Å². The fourth-order valence-corrected chi connectivity index (χ4v) is 1.73. The van der Waals surface area contributed by atoms with Crippen molar-refractivity contribution in [2.24, 2.45) is 5.73 Å². The van der Waals surface area contributed by atoms with Crippen LogP contribution in [0.1, 0.15) is 5.56 Å². The van der Waals surface area contributed by atoms with Gasteiger partial charge in [0.25, 0.3) is 0 Å². The molecule has 0 bridgehead atoms. The Labute approximate surface area is 92.3 Å². The van der Waals surface area contributed by atoms with Crippen LogP contribution in [0, 0.1) is 6.92 Å². The van der Waals surface area contributed by atoms with E-state index in [1.54, 1.807) is 10.8 Å². The third-order valence-corrected chi connectivity index (χ3v) is 2.46. The van der Waals surface area contributed by atoms with E-state index < -0.39 is 5.91 Å². The zero-order valence-electron chi connectivity index (χ0n) is 8.93. The summed E-state index contributed by atoms with van der Waals surface area (Å²) in [6.45, 7) is 2.00. The molecule has 0 saturated heterocycles. The Morgan fingerprint density at radius 1 is 1.38 bits per heavy atom. The van der Waals surface area contributed by atoms with Gasteiger partial charge in [-0.2, -0.15) is 0 Å². The number of benzene rings is 1. The average molecular weight is 216 g/mol. The van der Waals surface area contributed by atoms with E-state index in [9.17, 15) is 9.59 Å². The third kappa shape index (κ3) is 1.82. The fourth-order valence-electron chi connectivity index (χ4n) is 1.73. The van der Waals surface area contributed by atoms with Crippen molar-refractivity contribution >= 4 is 16.8 Å². The van der Waals surface area contributed by atoms with Gasteiger partial charge < -0.3 is 10.3 Å². The molecule has 0 radical (unpaired) electrons. The molecule has 0 saturated carbocycles. The maximum Gasteiger partial charge on any atom is 0.237 e. The van der Waals surface area contributed by atoms with Gasteiger partial charge in [-0.15, -0.1) is 0 Å². The molecular formula is C12H12N2O2. The Balaban J connectivity index is 2.74. The summed E-state index contributed by atoms with van der Waals surface area (Å²) < 4.78 is 1.68. The first kappa shape index (κ1) is 10.4. The minimum absolute atomic E-state index is 0.0422. The van der Waals surface area contributed by atoms with Gasteiger partial charge >= 0.3 is 0 Å². The van der Waals surface area contributed by atoms with Crippen LogP contribution in [-0.4, -0.2) is 10.5 Å². The zero-order valence-corrected chi connectivity index (χ0v) is 8.93. The molecule has 82 valence electrons. The molecule has 0 aliphatic carbocycles. The van der Waals surface area contributed by atoms with Crippen molar-refractivity contribution in [3.63, 3.8) is 0 Å². The molecule has 2 aromatic rings. The highest BCUT2D eigenvalue weighted by Gasteiger charge is 2.04. The van der Waals surface area contributed by atoms with Gasteiger partial charge in [0.05, 0.1) is 5.52 Å². The van der Waals surface area contributed by atoms with Crippen LogP contribution in [0.3, 0.4) is 0 Å². The van der Waals surface area contributed by atoms with Crippen LogP contribution in [0.25, 0.3) is 10.9 Å². The lowest BCUT2D eigenvalue weighted by Crippen LogP contribution is -2.20. The highest BCUT2D eigenvalue weighted by Crippen LogP contribution is 2.11. The molecule has 1 aromatic heterocycles. The van der Waals surface area contributed by atoms with Crippen LogP contribution in [-0.2, 0) is 11.3 Å². The maximum absolute atomic E-state index is 11.6. The van der Waals surface area contributed by atoms with Gasteiger partial charge in [-0.25, -0.2) is 0 Å². The van der Waals surface area contributed by atoms with E-state index in [0.717, 1.165) is 11.1 Å². The monoisotopic (exact) mass is 216 g/mol. The van der Waals surface area contributed by atoms with Crippen LogP contribution >= 0.6 is 0 Å². The summed E-state index contributed by atoms with van der Waals surface area (Å²) in [5, 5.41) is 0.615. The van der Waals surface area contributed by atoms with Crippen molar-refractivity contribution in [1.29, 1.82) is 0 Å². The number of carbonyl (C=O) groups excluding carboxylic acids is 1. The van der Waals surface area contributed by atoms with Gasteiger partial charge in [0.1, 0.15) is 6.54 Å². The summed E-state index contributed by atoms with van der Waals surface area (Å²) >= 11 is 0. The molecule has 16 heavy (non-hydrogen) atoms. The lowest BCUT2D eigenvalue weighted by Gasteiger charge is -2.08. The molecule has 2 N–H and O–H groups in total. The Hall–Kier alpha value is -2.10. The number of amides is 1. The van der Waals surface area contributed by atoms with Gasteiger partial charge in [0, 0.05) is 17.6 Å². The smallest absolute Gasteiger partial charge is 0.237 e. The number of aryl methyl sites for hydroxylation is 1. The number of hydrogen-bond donors (Lipinski definition) is 1. The molecule has 1 aromatic carbocycles. The van der Waals surface area contributed by atoms with Crippen LogP contribution in [0.5, 0.6) is 0 Å². The van der Waals surface area contributed by atoms with Crippen molar-refractivity contribution in [1.82, 2.24) is 4.57 Å². The lowest BCUT2D eigenvalue weighted by atomic mass is 10.1. The number of hydrogen-bond acceptors (Lipinski definition) is 2. The molecule has 4 nitrogen and oxygen atoms in total. The maximum atomic E-state index is 11.6. The number of pyridine rings is 1. The molecule has 0 spiro atoms. The predicted octanol–water partition coefficient (Wildman–Crippen LogP) is 0.795. The first-order chi connectivity index (χ1) is 7.58. The summed E-state index contributed by atoms with van der Waals surface area (Å²) in [6, 6.07) is 6.99. The molecule has 1 heterocycles. The average Bonchev–Trinajstić information content (AvgIpc) is 2.22. The molecule has 4 heteroatoms. The quantitative estimate of drug-likeness (QED) is 0.806. The summed E-state index contributed by atoms with van der Waals surface area (Å²) in [4.78, 5) is 22.5. The minimum Gasteiger partial charge on any atom is -0.368 e. The van der Waals surface area contributed by atoms with Crippen molar-refractivity contribution in [2.75, 3.05) is 0 Å². The number of rotatable bonds is 2. The van der Waals surface area contributed by atoms with Gasteiger partial charge in [-0.05, 0) is 19.1 Å². The molecular weight excluding hydrogens is 204 g/mol. The Morgan fingerprint density at radius 3 is 2.81 bits per heavy atom. The molecule has 0 atom stereocenters. The molecule has 0 aliphatic rings. The first-order valence-electron chi connectivity index (χ1n) is 4.96. The molecule has 2 rings (SSSR count). The Bertz CT molecular complexity index is 614. The standard InChI is InChI=1S/C12H12N2O2/c1-8-2-3-10-9(6-8)11(15)4-5-14(10)7-12(13)16/h2-6H,7H2,1H3,(H2,13,16). The Kier molecular flexibility index (Phi) is 2.48. The second-order valence-electron chi connectivity index (χ2n) is 3.79. The van der Waals surface area contributed by atoms with Crippen molar-refractivity contribution in [3.8, 4) is 0 Å². The summed E-state index contributed by atoms with van der Waals surface area (Å²) in [5.41, 5.74) is 6.85. The highest BCUT2D eigenvalue weighted by atomic mass is 16.1. The lowest BCUT2D eigenvalue weighted by molar-refractivity contribution is -0.118. The third-order valence-electron chi connectivity index (χ3n) is 2.46. The van der Waals surface area contributed by atoms with Crippen LogP contribution < -0.4 is 11.2 Å². The second kappa shape index (κ2) is 3.81. The number of carbonyl (C=O) groups is 1. The van der Waals surface area contributed by atoms with Crippen LogP contribution in [0.4, 0.5) is 0 Å². The Morgan fingerprint density at radius 2 is 2.12 bits per heavy atom. The normalized spacial score (nSPS) is 10.6. The fraction of sp³-hybridized carbons (Fsp3) is 0.167. The topological polar surface area (TPSA) is 65.1 Å². The largest absolute Gasteiger partial charge is 0.368 e. The first-order valence-corrected chi connectivity index (χ1v) is 4.96.